The van der Waals surface area contributed by atoms with Crippen molar-refractivity contribution in [3.8, 4) is 35.1 Å². The summed E-state index contributed by atoms with van der Waals surface area (Å²) in [4.78, 5) is 59.9. The Bertz CT molecular complexity index is 3120. The third-order valence-electron chi connectivity index (χ3n) is 7.87. The van der Waals surface area contributed by atoms with Crippen molar-refractivity contribution in [2.45, 2.75) is 0 Å². The third kappa shape index (κ3) is 7.15. The van der Waals surface area contributed by atoms with Crippen LogP contribution in [0.1, 0.15) is 22.3 Å². The average Bonchev–Trinajstić information content (AvgIpc) is 3.87. The van der Waals surface area contributed by atoms with Crippen molar-refractivity contribution in [1.82, 2.24) is 28.7 Å². The molecular weight excluding hydrogens is 757 g/mol. The van der Waals surface area contributed by atoms with E-state index in [0.717, 1.165) is 51.5 Å². The van der Waals surface area contributed by atoms with Gasteiger partial charge in [-0.1, -0.05) is 60.1 Å². The Morgan fingerprint density at radius 3 is 1.55 bits per heavy atom. The van der Waals surface area contributed by atoms with Gasteiger partial charge in [0.05, 0.1) is 11.0 Å². The van der Waals surface area contributed by atoms with Crippen LogP contribution in [0.3, 0.4) is 0 Å². The second kappa shape index (κ2) is 15.1. The van der Waals surface area contributed by atoms with Crippen LogP contribution < -0.4 is 22.5 Å². The molecule has 8 aromatic rings. The number of fused-ring (bicyclic) bond motifs is 2. The van der Waals surface area contributed by atoms with Gasteiger partial charge >= 0.3 is 11.4 Å². The number of aryl methyl sites for hydroxylation is 1. The van der Waals surface area contributed by atoms with Gasteiger partial charge in [0.15, 0.2) is 34.6 Å². The summed E-state index contributed by atoms with van der Waals surface area (Å²) in [5.74, 6) is 6.70. The van der Waals surface area contributed by atoms with Crippen molar-refractivity contribution in [2.75, 3.05) is 0 Å². The van der Waals surface area contributed by atoms with Crippen molar-refractivity contribution in [3.63, 3.8) is 0 Å². The van der Waals surface area contributed by atoms with Gasteiger partial charge < -0.3 is 0 Å². The molecule has 0 bridgehead atoms. The number of rotatable bonds is 2. The molecule has 1 N–H and O–H groups in total. The zero-order valence-electron chi connectivity index (χ0n) is 27.9. The van der Waals surface area contributed by atoms with Crippen molar-refractivity contribution in [3.05, 3.63) is 183 Å². The molecule has 0 saturated heterocycles. The monoisotopic (exact) mass is 776 g/mol. The first kappa shape index (κ1) is 36.2. The van der Waals surface area contributed by atoms with Crippen LogP contribution in [0.2, 0.25) is 0 Å². The lowest BCUT2D eigenvalue weighted by Crippen LogP contribution is -2.38. The standard InChI is InChI=1S/C20H11F2N3O2S.C19H9F2N3O2S/c1-24-18-17(28-11-23-18)19(26)25(20(24)27)16-14(21)9-13(10-15(16)22)8-7-12-5-3-2-4-6-12;20-13-8-12(7-6-11-4-2-1-3-5-11)9-14(21)15(13)24-18(25)16-17(22-10-27-16)23-19(24)26/h2-6,9-11H,1H3;1-5,8-10H,(H,23,26). The van der Waals surface area contributed by atoms with Crippen molar-refractivity contribution in [2.24, 2.45) is 7.05 Å². The molecule has 10 nitrogen and oxygen atoms in total. The van der Waals surface area contributed by atoms with E-state index in [-0.39, 0.29) is 31.8 Å². The highest BCUT2D eigenvalue weighted by atomic mass is 32.1. The third-order valence-corrected chi connectivity index (χ3v) is 9.48. The highest BCUT2D eigenvalue weighted by molar-refractivity contribution is 7.16. The van der Waals surface area contributed by atoms with Crippen LogP contribution in [0, 0.1) is 47.0 Å². The highest BCUT2D eigenvalue weighted by Gasteiger charge is 2.22. The number of nitrogens with zero attached hydrogens (tertiary/aromatic N) is 5. The van der Waals surface area contributed by atoms with Gasteiger partial charge in [-0.3, -0.25) is 19.1 Å². The summed E-state index contributed by atoms with van der Waals surface area (Å²) < 4.78 is 60.8. The van der Waals surface area contributed by atoms with E-state index in [1.54, 1.807) is 48.5 Å². The molecule has 0 unspecified atom stereocenters. The van der Waals surface area contributed by atoms with E-state index in [2.05, 4.69) is 38.6 Å². The number of hydrogen-bond acceptors (Lipinski definition) is 8. The first-order valence-corrected chi connectivity index (χ1v) is 17.5. The second-order valence-corrected chi connectivity index (χ2v) is 13.1. The first-order valence-electron chi connectivity index (χ1n) is 15.8. The number of halogens is 4. The number of nitrogens with one attached hydrogen (secondary N) is 1. The molecule has 0 saturated carbocycles. The number of benzene rings is 4. The molecular formula is C39H20F4N6O4S2. The van der Waals surface area contributed by atoms with Gasteiger partial charge in [-0.05, 0) is 48.5 Å². The Labute approximate surface area is 313 Å². The Hall–Kier alpha value is -7.14. The van der Waals surface area contributed by atoms with Crippen LogP contribution in [-0.4, -0.2) is 28.7 Å². The maximum Gasteiger partial charge on any atom is 0.337 e. The largest absolute Gasteiger partial charge is 0.337 e. The number of thiazole rings is 2. The first-order chi connectivity index (χ1) is 26.5. The Balaban J connectivity index is 0.000000169. The van der Waals surface area contributed by atoms with Gasteiger partial charge in [0.2, 0.25) is 0 Å². The molecule has 0 fully saturated rings. The van der Waals surface area contributed by atoms with Gasteiger partial charge in [-0.15, -0.1) is 22.7 Å². The lowest BCUT2D eigenvalue weighted by molar-refractivity contribution is 0.558. The van der Waals surface area contributed by atoms with E-state index in [0.29, 0.717) is 20.3 Å². The van der Waals surface area contributed by atoms with Gasteiger partial charge in [0.1, 0.15) is 20.8 Å². The van der Waals surface area contributed by atoms with Gasteiger partial charge in [0, 0.05) is 29.3 Å². The molecule has 4 aromatic carbocycles. The molecule has 0 aliphatic rings. The summed E-state index contributed by atoms with van der Waals surface area (Å²) in [6.45, 7) is 0. The topological polar surface area (TPSA) is 125 Å². The average molecular weight is 777 g/mol. The van der Waals surface area contributed by atoms with Crippen LogP contribution in [-0.2, 0) is 7.05 Å². The van der Waals surface area contributed by atoms with E-state index in [9.17, 15) is 36.7 Å². The number of aromatic amines is 1. The summed E-state index contributed by atoms with van der Waals surface area (Å²) >= 11 is 1.97. The second-order valence-electron chi connectivity index (χ2n) is 11.4. The quantitative estimate of drug-likeness (QED) is 0.179. The molecule has 0 amide bonds. The lowest BCUT2D eigenvalue weighted by atomic mass is 10.1. The van der Waals surface area contributed by atoms with E-state index in [1.165, 1.54) is 18.1 Å². The van der Waals surface area contributed by atoms with Crippen LogP contribution in [0.15, 0.2) is 115 Å². The summed E-state index contributed by atoms with van der Waals surface area (Å²) in [7, 11) is 1.38. The Morgan fingerprint density at radius 2 is 1.02 bits per heavy atom. The number of hydrogen-bond donors (Lipinski definition) is 1. The molecule has 0 radical (unpaired) electrons. The molecule has 16 heteroatoms. The smallest absolute Gasteiger partial charge is 0.290 e. The maximum atomic E-state index is 14.7. The zero-order valence-corrected chi connectivity index (χ0v) is 29.6. The molecule has 4 heterocycles. The van der Waals surface area contributed by atoms with Crippen molar-refractivity contribution < 1.29 is 17.6 Å². The van der Waals surface area contributed by atoms with E-state index in [1.807, 2.05) is 12.1 Å². The highest BCUT2D eigenvalue weighted by Crippen LogP contribution is 2.21. The fourth-order valence-electron chi connectivity index (χ4n) is 5.33. The molecule has 0 spiro atoms. The number of H-pyrrole nitrogens is 1. The summed E-state index contributed by atoms with van der Waals surface area (Å²) in [6.07, 6.45) is 0. The van der Waals surface area contributed by atoms with Crippen LogP contribution in [0.25, 0.3) is 32.1 Å². The molecule has 270 valence electrons. The van der Waals surface area contributed by atoms with Crippen LogP contribution in [0.5, 0.6) is 0 Å². The van der Waals surface area contributed by atoms with Crippen molar-refractivity contribution in [1.29, 1.82) is 0 Å². The minimum Gasteiger partial charge on any atom is -0.290 e. The van der Waals surface area contributed by atoms with E-state index >= 15 is 0 Å². The Morgan fingerprint density at radius 1 is 0.582 bits per heavy atom. The SMILES string of the molecule is Cn1c(=O)n(-c2c(F)cc(C#Cc3ccccc3)cc2F)c(=O)c2scnc21.O=c1[nH]c2ncsc2c(=O)n1-c1c(F)cc(C#Cc2ccccc2)cc1F. The Kier molecular flexibility index (Phi) is 9.93. The predicted octanol–water partition coefficient (Wildman–Crippen LogP) is 5.64. The summed E-state index contributed by atoms with van der Waals surface area (Å²) in [6, 6.07) is 21.9. The van der Waals surface area contributed by atoms with Crippen LogP contribution >= 0.6 is 22.7 Å². The molecule has 55 heavy (non-hydrogen) atoms. The van der Waals surface area contributed by atoms with Crippen molar-refractivity contribution >= 4 is 43.4 Å². The molecule has 0 aliphatic heterocycles. The molecule has 8 rings (SSSR count). The molecule has 0 atom stereocenters. The normalized spacial score (nSPS) is 10.6. The zero-order chi connectivity index (χ0) is 38.8. The lowest BCUT2D eigenvalue weighted by Gasteiger charge is -2.10. The minimum atomic E-state index is -1.07. The van der Waals surface area contributed by atoms with E-state index < -0.39 is 57.1 Å². The van der Waals surface area contributed by atoms with Gasteiger partial charge in [-0.25, -0.2) is 46.3 Å². The van der Waals surface area contributed by atoms with E-state index in [4.69, 9.17) is 0 Å². The van der Waals surface area contributed by atoms with Gasteiger partial charge in [-0.2, -0.15) is 0 Å². The minimum absolute atomic E-state index is 0.0809. The molecule has 4 aromatic heterocycles. The van der Waals surface area contributed by atoms with Crippen LogP contribution in [0.4, 0.5) is 17.6 Å². The van der Waals surface area contributed by atoms with Gasteiger partial charge in [0.25, 0.3) is 11.1 Å². The fraction of sp³-hybridized carbons (Fsp3) is 0.0256. The summed E-state index contributed by atoms with van der Waals surface area (Å²) in [5.41, 5.74) is -0.437. The molecule has 0 aliphatic carbocycles. The summed E-state index contributed by atoms with van der Waals surface area (Å²) in [5, 5.41) is 0. The maximum absolute atomic E-state index is 14.7. The predicted molar refractivity (Wildman–Crippen MR) is 201 cm³/mol. The fourth-order valence-corrected chi connectivity index (χ4v) is 6.74. The number of aromatic nitrogens is 6.